The molecule has 84 valence electrons. The fourth-order valence-corrected chi connectivity index (χ4v) is 2.38. The standard InChI is InChI=1S/C10H15NO2S2/c1-8-3-5-10(6-4-8)15(12,13)11-7-9(2)14/h3-6,9,11,14H,7H2,1-2H3. The molecule has 0 aliphatic rings. The minimum Gasteiger partial charge on any atom is -0.210 e. The quantitative estimate of drug-likeness (QED) is 0.791. The summed E-state index contributed by atoms with van der Waals surface area (Å²) in [7, 11) is -3.37. The van der Waals surface area contributed by atoms with Crippen LogP contribution < -0.4 is 4.72 Å². The van der Waals surface area contributed by atoms with E-state index in [0.29, 0.717) is 11.4 Å². The summed E-state index contributed by atoms with van der Waals surface area (Å²) in [5, 5.41) is 0.00484. The van der Waals surface area contributed by atoms with E-state index in [1.54, 1.807) is 24.3 Å². The minimum atomic E-state index is -3.37. The maximum atomic E-state index is 11.7. The highest BCUT2D eigenvalue weighted by Gasteiger charge is 2.13. The molecule has 0 saturated carbocycles. The van der Waals surface area contributed by atoms with Crippen molar-refractivity contribution < 1.29 is 8.42 Å². The fraction of sp³-hybridized carbons (Fsp3) is 0.400. The molecule has 0 aliphatic heterocycles. The van der Waals surface area contributed by atoms with Crippen LogP contribution in [-0.4, -0.2) is 20.2 Å². The molecular weight excluding hydrogens is 230 g/mol. The predicted molar refractivity (Wildman–Crippen MR) is 64.8 cm³/mol. The topological polar surface area (TPSA) is 46.2 Å². The second kappa shape index (κ2) is 5.01. The third kappa shape index (κ3) is 3.85. The van der Waals surface area contributed by atoms with E-state index in [4.69, 9.17) is 0 Å². The highest BCUT2D eigenvalue weighted by molar-refractivity contribution is 7.89. The van der Waals surface area contributed by atoms with E-state index >= 15 is 0 Å². The minimum absolute atomic E-state index is 0.00484. The third-order valence-corrected chi connectivity index (χ3v) is 3.52. The zero-order valence-corrected chi connectivity index (χ0v) is 10.5. The second-order valence-electron chi connectivity index (χ2n) is 3.51. The van der Waals surface area contributed by atoms with E-state index in [2.05, 4.69) is 17.4 Å². The third-order valence-electron chi connectivity index (χ3n) is 1.90. The number of sulfonamides is 1. The molecule has 0 amide bonds. The highest BCUT2D eigenvalue weighted by atomic mass is 32.2. The van der Waals surface area contributed by atoms with E-state index in [9.17, 15) is 8.42 Å². The highest BCUT2D eigenvalue weighted by Crippen LogP contribution is 2.09. The van der Waals surface area contributed by atoms with Crippen LogP contribution in [0.4, 0.5) is 0 Å². The smallest absolute Gasteiger partial charge is 0.210 e. The lowest BCUT2D eigenvalue weighted by molar-refractivity contribution is 0.581. The van der Waals surface area contributed by atoms with Crippen molar-refractivity contribution in [3.05, 3.63) is 29.8 Å². The van der Waals surface area contributed by atoms with Gasteiger partial charge in [-0.05, 0) is 19.1 Å². The first-order valence-corrected chi connectivity index (χ1v) is 6.66. The Morgan fingerprint density at radius 3 is 2.33 bits per heavy atom. The normalized spacial score (nSPS) is 13.8. The summed E-state index contributed by atoms with van der Waals surface area (Å²) in [6.45, 7) is 4.08. The van der Waals surface area contributed by atoms with Crippen LogP contribution in [0.3, 0.4) is 0 Å². The van der Waals surface area contributed by atoms with Gasteiger partial charge in [0.25, 0.3) is 0 Å². The zero-order chi connectivity index (χ0) is 11.5. The SMILES string of the molecule is Cc1ccc(S(=O)(=O)NCC(C)S)cc1. The Morgan fingerprint density at radius 2 is 1.87 bits per heavy atom. The number of nitrogens with one attached hydrogen (secondary N) is 1. The predicted octanol–water partition coefficient (Wildman–Crippen LogP) is 1.59. The number of benzene rings is 1. The summed E-state index contributed by atoms with van der Waals surface area (Å²) in [6.07, 6.45) is 0. The maximum absolute atomic E-state index is 11.7. The molecule has 0 aromatic heterocycles. The molecule has 0 saturated heterocycles. The lowest BCUT2D eigenvalue weighted by atomic mass is 10.2. The van der Waals surface area contributed by atoms with E-state index in [-0.39, 0.29) is 5.25 Å². The van der Waals surface area contributed by atoms with Crippen molar-refractivity contribution in [1.29, 1.82) is 0 Å². The average Bonchev–Trinajstić information content (AvgIpc) is 2.16. The van der Waals surface area contributed by atoms with Crippen molar-refractivity contribution in [1.82, 2.24) is 4.72 Å². The zero-order valence-electron chi connectivity index (χ0n) is 8.77. The van der Waals surface area contributed by atoms with Crippen molar-refractivity contribution in [2.75, 3.05) is 6.54 Å². The van der Waals surface area contributed by atoms with Gasteiger partial charge in [0.15, 0.2) is 0 Å². The van der Waals surface area contributed by atoms with Gasteiger partial charge >= 0.3 is 0 Å². The molecule has 15 heavy (non-hydrogen) atoms. The van der Waals surface area contributed by atoms with Crippen LogP contribution in [0.2, 0.25) is 0 Å². The molecule has 1 aromatic carbocycles. The van der Waals surface area contributed by atoms with E-state index in [1.165, 1.54) is 0 Å². The van der Waals surface area contributed by atoms with Crippen LogP contribution in [0.25, 0.3) is 0 Å². The van der Waals surface area contributed by atoms with Crippen molar-refractivity contribution in [2.24, 2.45) is 0 Å². The molecule has 5 heteroatoms. The van der Waals surface area contributed by atoms with Gasteiger partial charge in [0.1, 0.15) is 0 Å². The van der Waals surface area contributed by atoms with Crippen LogP contribution >= 0.6 is 12.6 Å². The molecule has 0 aliphatic carbocycles. The largest absolute Gasteiger partial charge is 0.240 e. The summed E-state index contributed by atoms with van der Waals surface area (Å²) in [5.41, 5.74) is 1.04. The molecule has 0 bridgehead atoms. The molecule has 0 radical (unpaired) electrons. The number of hydrogen-bond donors (Lipinski definition) is 2. The Balaban J connectivity index is 2.82. The Labute approximate surface area is 96.4 Å². The monoisotopic (exact) mass is 245 g/mol. The number of hydrogen-bond acceptors (Lipinski definition) is 3. The molecular formula is C10H15NO2S2. The Morgan fingerprint density at radius 1 is 1.33 bits per heavy atom. The molecule has 0 spiro atoms. The van der Waals surface area contributed by atoms with Crippen molar-refractivity contribution >= 4 is 22.7 Å². The maximum Gasteiger partial charge on any atom is 0.240 e. The van der Waals surface area contributed by atoms with Crippen LogP contribution in [0.5, 0.6) is 0 Å². The van der Waals surface area contributed by atoms with E-state index in [1.807, 2.05) is 13.8 Å². The van der Waals surface area contributed by atoms with Crippen LogP contribution in [0, 0.1) is 6.92 Å². The number of rotatable bonds is 4. The van der Waals surface area contributed by atoms with Gasteiger partial charge in [0.05, 0.1) is 4.90 Å². The number of aryl methyl sites for hydroxylation is 1. The average molecular weight is 245 g/mol. The van der Waals surface area contributed by atoms with Gasteiger partial charge in [-0.3, -0.25) is 0 Å². The molecule has 1 N–H and O–H groups in total. The molecule has 3 nitrogen and oxygen atoms in total. The van der Waals surface area contributed by atoms with E-state index in [0.717, 1.165) is 5.56 Å². The Bertz CT molecular complexity index is 410. The lowest BCUT2D eigenvalue weighted by Crippen LogP contribution is -2.28. The van der Waals surface area contributed by atoms with Gasteiger partial charge in [-0.15, -0.1) is 0 Å². The molecule has 0 heterocycles. The van der Waals surface area contributed by atoms with Gasteiger partial charge in [-0.25, -0.2) is 13.1 Å². The van der Waals surface area contributed by atoms with Gasteiger partial charge in [-0.2, -0.15) is 12.6 Å². The van der Waals surface area contributed by atoms with Gasteiger partial charge in [0.2, 0.25) is 10.0 Å². The first-order chi connectivity index (χ1) is 6.92. The Kier molecular flexibility index (Phi) is 4.19. The van der Waals surface area contributed by atoms with Crippen LogP contribution in [0.15, 0.2) is 29.2 Å². The lowest BCUT2D eigenvalue weighted by Gasteiger charge is -2.08. The van der Waals surface area contributed by atoms with Crippen molar-refractivity contribution in [3.8, 4) is 0 Å². The van der Waals surface area contributed by atoms with Gasteiger partial charge < -0.3 is 0 Å². The first-order valence-electron chi connectivity index (χ1n) is 4.66. The summed E-state index contributed by atoms with van der Waals surface area (Å²) in [5.74, 6) is 0. The first kappa shape index (κ1) is 12.5. The van der Waals surface area contributed by atoms with Crippen LogP contribution in [0.1, 0.15) is 12.5 Å². The summed E-state index contributed by atoms with van der Waals surface area (Å²) >= 11 is 4.11. The molecule has 1 rings (SSSR count). The molecule has 1 atom stereocenters. The van der Waals surface area contributed by atoms with E-state index < -0.39 is 10.0 Å². The van der Waals surface area contributed by atoms with Crippen LogP contribution in [-0.2, 0) is 10.0 Å². The van der Waals surface area contributed by atoms with Crippen molar-refractivity contribution in [3.63, 3.8) is 0 Å². The summed E-state index contributed by atoms with van der Waals surface area (Å²) in [4.78, 5) is 0.294. The molecule has 1 unspecified atom stereocenters. The molecule has 0 fully saturated rings. The van der Waals surface area contributed by atoms with Crippen molar-refractivity contribution in [2.45, 2.75) is 24.0 Å². The van der Waals surface area contributed by atoms with Gasteiger partial charge in [0, 0.05) is 11.8 Å². The summed E-state index contributed by atoms with van der Waals surface area (Å²) in [6, 6.07) is 6.75. The Hall–Kier alpha value is -0.520. The summed E-state index contributed by atoms with van der Waals surface area (Å²) < 4.78 is 25.9. The van der Waals surface area contributed by atoms with Gasteiger partial charge in [-0.1, -0.05) is 24.6 Å². The number of thiol groups is 1. The fourth-order valence-electron chi connectivity index (χ4n) is 1.03. The second-order valence-corrected chi connectivity index (χ2v) is 6.16. The molecule has 1 aromatic rings.